The Bertz CT molecular complexity index is 124. The van der Waals surface area contributed by atoms with Crippen molar-refractivity contribution in [3.63, 3.8) is 0 Å². The summed E-state index contributed by atoms with van der Waals surface area (Å²) in [7, 11) is 1.59. The quantitative estimate of drug-likeness (QED) is 0.600. The van der Waals surface area contributed by atoms with Crippen LogP contribution < -0.4 is 0 Å². The second-order valence-electron chi connectivity index (χ2n) is 2.11. The van der Waals surface area contributed by atoms with Gasteiger partial charge in [-0.3, -0.25) is 0 Å². The summed E-state index contributed by atoms with van der Waals surface area (Å²) in [6, 6.07) is 0. The highest BCUT2D eigenvalue weighted by atomic mass is 32.5. The van der Waals surface area contributed by atoms with Crippen LogP contribution in [0.2, 0.25) is 0 Å². The molecule has 0 rings (SSSR count). The van der Waals surface area contributed by atoms with Crippen LogP contribution in [0.25, 0.3) is 0 Å². The van der Waals surface area contributed by atoms with Crippen LogP contribution >= 0.6 is 6.49 Å². The third kappa shape index (κ3) is 5.04. The van der Waals surface area contributed by atoms with E-state index in [2.05, 4.69) is 0 Å². The van der Waals surface area contributed by atoms with Gasteiger partial charge in [0.15, 0.2) is 6.49 Å². The fourth-order valence-corrected chi connectivity index (χ4v) is 1.79. The molecule has 1 unspecified atom stereocenters. The molecule has 4 heteroatoms. The van der Waals surface area contributed by atoms with Gasteiger partial charge in [0.05, 0.1) is 6.10 Å². The van der Waals surface area contributed by atoms with E-state index in [1.807, 2.05) is 20.5 Å². The molecule has 0 aromatic rings. The van der Waals surface area contributed by atoms with Crippen LogP contribution in [0.15, 0.2) is 0 Å². The van der Waals surface area contributed by atoms with Gasteiger partial charge in [-0.25, -0.2) is 0 Å². The van der Waals surface area contributed by atoms with E-state index in [9.17, 15) is 0 Å². The first-order chi connectivity index (χ1) is 3.98. The smallest absolute Gasteiger partial charge is 0.185 e. The molecule has 0 heterocycles. The second kappa shape index (κ2) is 3.67. The van der Waals surface area contributed by atoms with E-state index in [1.165, 1.54) is 0 Å². The van der Waals surface area contributed by atoms with Crippen molar-refractivity contribution in [3.8, 4) is 0 Å². The Morgan fingerprint density at radius 2 is 1.89 bits per heavy atom. The minimum Gasteiger partial charge on any atom is -0.333 e. The largest absolute Gasteiger partial charge is 0.333 e. The van der Waals surface area contributed by atoms with Gasteiger partial charge in [0.2, 0.25) is 0 Å². The van der Waals surface area contributed by atoms with E-state index >= 15 is 0 Å². The predicted octanol–water partition coefficient (Wildman–Crippen LogP) is 2.00. The van der Waals surface area contributed by atoms with Gasteiger partial charge < -0.3 is 9.05 Å². The summed E-state index contributed by atoms with van der Waals surface area (Å²) in [5.74, 6) is 0. The molecule has 0 saturated carbocycles. The first-order valence-electron chi connectivity index (χ1n) is 2.79. The van der Waals surface area contributed by atoms with Crippen molar-refractivity contribution in [2.24, 2.45) is 0 Å². The molecule has 0 N–H and O–H groups in total. The minimum absolute atomic E-state index is 0.167. The fraction of sp³-hybridized carbons (Fsp3) is 1.00. The van der Waals surface area contributed by atoms with E-state index < -0.39 is 6.49 Å². The molecule has 2 nitrogen and oxygen atoms in total. The topological polar surface area (TPSA) is 18.5 Å². The Hall–Kier alpha value is 0.570. The lowest BCUT2D eigenvalue weighted by atomic mass is 10.5. The van der Waals surface area contributed by atoms with Crippen LogP contribution in [0.5, 0.6) is 0 Å². The van der Waals surface area contributed by atoms with Crippen LogP contribution in [-0.2, 0) is 20.9 Å². The molecule has 0 aliphatic rings. The summed E-state index contributed by atoms with van der Waals surface area (Å²) in [5.41, 5.74) is 0. The van der Waals surface area contributed by atoms with Crippen LogP contribution in [-0.4, -0.2) is 19.9 Å². The molecular formula is C5H13O2PS. The Kier molecular flexibility index (Phi) is 3.90. The van der Waals surface area contributed by atoms with Gasteiger partial charge in [-0.1, -0.05) is 0 Å². The zero-order chi connectivity index (χ0) is 7.49. The molecule has 56 valence electrons. The minimum atomic E-state index is -1.90. The number of hydrogen-bond acceptors (Lipinski definition) is 3. The predicted molar refractivity (Wildman–Crippen MR) is 43.4 cm³/mol. The van der Waals surface area contributed by atoms with Crippen LogP contribution in [0, 0.1) is 0 Å². The van der Waals surface area contributed by atoms with Gasteiger partial charge in [0.25, 0.3) is 0 Å². The van der Waals surface area contributed by atoms with Crippen molar-refractivity contribution in [2.45, 2.75) is 20.0 Å². The third-order valence-electron chi connectivity index (χ3n) is 0.734. The molecule has 0 aliphatic heterocycles. The van der Waals surface area contributed by atoms with Gasteiger partial charge >= 0.3 is 0 Å². The molecule has 0 spiro atoms. The monoisotopic (exact) mass is 168 g/mol. The van der Waals surface area contributed by atoms with Gasteiger partial charge in [-0.2, -0.15) is 0 Å². The Balaban J connectivity index is 3.73. The van der Waals surface area contributed by atoms with E-state index in [0.717, 1.165) is 0 Å². The van der Waals surface area contributed by atoms with E-state index in [4.69, 9.17) is 20.9 Å². The van der Waals surface area contributed by atoms with Crippen molar-refractivity contribution in [1.29, 1.82) is 0 Å². The molecule has 0 aliphatic carbocycles. The van der Waals surface area contributed by atoms with Gasteiger partial charge in [0, 0.05) is 13.8 Å². The van der Waals surface area contributed by atoms with Gasteiger partial charge in [0.1, 0.15) is 0 Å². The van der Waals surface area contributed by atoms with E-state index in [-0.39, 0.29) is 6.10 Å². The van der Waals surface area contributed by atoms with Crippen molar-refractivity contribution in [3.05, 3.63) is 0 Å². The number of hydrogen-bond donors (Lipinski definition) is 0. The fourth-order valence-electron chi connectivity index (χ4n) is 0.426. The maximum Gasteiger partial charge on any atom is 0.185 e. The molecule has 0 aromatic carbocycles. The van der Waals surface area contributed by atoms with Crippen molar-refractivity contribution in [1.82, 2.24) is 0 Å². The highest BCUT2D eigenvalue weighted by Crippen LogP contribution is 2.44. The maximum absolute atomic E-state index is 5.29. The summed E-state index contributed by atoms with van der Waals surface area (Å²) >= 11 is 4.99. The van der Waals surface area contributed by atoms with Crippen LogP contribution in [0.1, 0.15) is 13.8 Å². The molecule has 0 bridgehead atoms. The summed E-state index contributed by atoms with van der Waals surface area (Å²) in [5, 5.41) is 0. The summed E-state index contributed by atoms with van der Waals surface area (Å²) in [6.07, 6.45) is 0.167. The highest BCUT2D eigenvalue weighted by molar-refractivity contribution is 8.09. The highest BCUT2D eigenvalue weighted by Gasteiger charge is 2.09. The Labute approximate surface area is 61.7 Å². The van der Waals surface area contributed by atoms with Crippen molar-refractivity contribution in [2.75, 3.05) is 13.8 Å². The molecule has 0 fully saturated rings. The summed E-state index contributed by atoms with van der Waals surface area (Å²) < 4.78 is 10.2. The maximum atomic E-state index is 5.29. The first-order valence-corrected chi connectivity index (χ1v) is 5.88. The molecule has 0 aromatic heterocycles. The zero-order valence-corrected chi connectivity index (χ0v) is 7.96. The number of rotatable bonds is 3. The van der Waals surface area contributed by atoms with Gasteiger partial charge in [-0.15, -0.1) is 0 Å². The average molecular weight is 168 g/mol. The van der Waals surface area contributed by atoms with Crippen molar-refractivity contribution < 1.29 is 9.05 Å². The SMILES string of the molecule is COP(C)(=S)OC(C)C. The summed E-state index contributed by atoms with van der Waals surface area (Å²) in [4.78, 5) is 0. The lowest BCUT2D eigenvalue weighted by Gasteiger charge is -2.17. The van der Waals surface area contributed by atoms with Crippen LogP contribution in [0.4, 0.5) is 0 Å². The summed E-state index contributed by atoms with van der Waals surface area (Å²) in [6.45, 7) is 3.82. The first kappa shape index (κ1) is 9.57. The lowest BCUT2D eigenvalue weighted by Crippen LogP contribution is -1.99. The van der Waals surface area contributed by atoms with Crippen LogP contribution in [0.3, 0.4) is 0 Å². The second-order valence-corrected chi connectivity index (χ2v) is 6.22. The standard InChI is InChI=1S/C5H13O2PS/c1-5(2)7-8(4,9)6-3/h5H,1-4H3. The molecular weight excluding hydrogens is 155 g/mol. The zero-order valence-electron chi connectivity index (χ0n) is 6.25. The average Bonchev–Trinajstić information content (AvgIpc) is 1.63. The van der Waals surface area contributed by atoms with Gasteiger partial charge in [-0.05, 0) is 25.7 Å². The Morgan fingerprint density at radius 1 is 1.44 bits per heavy atom. The normalized spacial score (nSPS) is 17.9. The molecule has 0 amide bonds. The lowest BCUT2D eigenvalue weighted by molar-refractivity contribution is 0.226. The molecule has 0 saturated heterocycles. The van der Waals surface area contributed by atoms with E-state index in [0.29, 0.717) is 0 Å². The Morgan fingerprint density at radius 3 is 2.00 bits per heavy atom. The van der Waals surface area contributed by atoms with Crippen molar-refractivity contribution >= 4 is 18.3 Å². The molecule has 9 heavy (non-hydrogen) atoms. The molecule has 1 atom stereocenters. The third-order valence-corrected chi connectivity index (χ3v) is 2.91. The van der Waals surface area contributed by atoms with E-state index in [1.54, 1.807) is 7.11 Å². The molecule has 0 radical (unpaired) electrons.